The van der Waals surface area contributed by atoms with Crippen molar-refractivity contribution in [3.63, 3.8) is 0 Å². The molecular weight excluding hydrogens is 294 g/mol. The van der Waals surface area contributed by atoms with Gasteiger partial charge in [-0.2, -0.15) is 0 Å². The van der Waals surface area contributed by atoms with E-state index in [2.05, 4.69) is 11.0 Å². The molecule has 1 N–H and O–H groups in total. The normalized spacial score (nSPS) is 18.1. The predicted octanol–water partition coefficient (Wildman–Crippen LogP) is 3.71. The molecule has 5 heteroatoms. The zero-order chi connectivity index (χ0) is 14.3. The molecule has 2 heterocycles. The van der Waals surface area contributed by atoms with Gasteiger partial charge in [0, 0.05) is 34.6 Å². The molecule has 1 atom stereocenters. The van der Waals surface area contributed by atoms with Crippen molar-refractivity contribution >= 4 is 39.0 Å². The Bertz CT molecular complexity index is 648. The Morgan fingerprint density at radius 3 is 2.85 bits per heavy atom. The van der Waals surface area contributed by atoms with Crippen molar-refractivity contribution in [2.45, 2.75) is 13.5 Å². The van der Waals surface area contributed by atoms with Crippen molar-refractivity contribution in [2.24, 2.45) is 11.8 Å². The number of hydrogen-bond donors (Lipinski definition) is 1. The third kappa shape index (κ3) is 2.43. The van der Waals surface area contributed by atoms with Crippen LogP contribution in [0, 0.1) is 11.8 Å². The van der Waals surface area contributed by atoms with Crippen molar-refractivity contribution < 1.29 is 9.90 Å². The van der Waals surface area contributed by atoms with E-state index in [0.29, 0.717) is 0 Å². The van der Waals surface area contributed by atoms with Crippen LogP contribution in [0.3, 0.4) is 0 Å². The molecule has 0 radical (unpaired) electrons. The second-order valence-electron chi connectivity index (χ2n) is 5.42. The van der Waals surface area contributed by atoms with Gasteiger partial charge in [0.2, 0.25) is 0 Å². The van der Waals surface area contributed by atoms with Crippen LogP contribution in [0.4, 0.5) is 0 Å². The average molecular weight is 310 g/mol. The number of nitrogens with zero attached hydrogens (tertiary/aromatic N) is 1. The number of thiophene rings is 1. The van der Waals surface area contributed by atoms with E-state index < -0.39 is 5.97 Å². The van der Waals surface area contributed by atoms with E-state index in [4.69, 9.17) is 16.7 Å². The van der Waals surface area contributed by atoms with Crippen molar-refractivity contribution in [3.8, 4) is 0 Å². The standard InChI is InChI=1S/C15H16ClNO2S/c1-9(15(18)19)10-6-17(7-10)8-13-14(16)11-4-2-3-5-12(11)20-13/h2-5,9-10H,6-8H2,1H3,(H,18,19). The van der Waals surface area contributed by atoms with Crippen molar-refractivity contribution in [1.29, 1.82) is 0 Å². The van der Waals surface area contributed by atoms with Crippen LogP contribution >= 0.6 is 22.9 Å². The molecule has 1 aliphatic rings. The third-order valence-corrected chi connectivity index (χ3v) is 5.75. The van der Waals surface area contributed by atoms with Gasteiger partial charge in [0.1, 0.15) is 0 Å². The molecule has 0 saturated carbocycles. The lowest BCUT2D eigenvalue weighted by Gasteiger charge is -2.41. The lowest BCUT2D eigenvalue weighted by molar-refractivity contribution is -0.145. The summed E-state index contributed by atoms with van der Waals surface area (Å²) in [6, 6.07) is 8.15. The lowest BCUT2D eigenvalue weighted by atomic mass is 9.87. The second-order valence-corrected chi connectivity index (χ2v) is 6.93. The second kappa shape index (κ2) is 5.35. The summed E-state index contributed by atoms with van der Waals surface area (Å²) in [5.41, 5.74) is 0. The summed E-state index contributed by atoms with van der Waals surface area (Å²) in [5.74, 6) is -0.695. The third-order valence-electron chi connectivity index (χ3n) is 4.05. The largest absolute Gasteiger partial charge is 0.481 e. The Balaban J connectivity index is 1.67. The first kappa shape index (κ1) is 13.9. The maximum atomic E-state index is 10.9. The van der Waals surface area contributed by atoms with Gasteiger partial charge in [-0.3, -0.25) is 9.69 Å². The summed E-state index contributed by atoms with van der Waals surface area (Å²) in [6.45, 7) is 4.30. The molecule has 0 amide bonds. The molecule has 20 heavy (non-hydrogen) atoms. The molecule has 2 aromatic rings. The van der Waals surface area contributed by atoms with Crippen LogP contribution in [0.15, 0.2) is 24.3 Å². The van der Waals surface area contributed by atoms with Gasteiger partial charge in [-0.1, -0.05) is 36.7 Å². The molecule has 0 bridgehead atoms. The average Bonchev–Trinajstić information content (AvgIpc) is 2.70. The van der Waals surface area contributed by atoms with Gasteiger partial charge >= 0.3 is 5.97 Å². The SMILES string of the molecule is CC(C(=O)O)C1CN(Cc2sc3ccccc3c2Cl)C1. The van der Waals surface area contributed by atoms with Crippen molar-refractivity contribution in [2.75, 3.05) is 13.1 Å². The molecule has 3 nitrogen and oxygen atoms in total. The number of carbonyl (C=O) groups is 1. The Morgan fingerprint density at radius 2 is 2.20 bits per heavy atom. The molecule has 0 aliphatic carbocycles. The van der Waals surface area contributed by atoms with Gasteiger partial charge in [-0.25, -0.2) is 0 Å². The number of benzene rings is 1. The Morgan fingerprint density at radius 1 is 1.50 bits per heavy atom. The summed E-state index contributed by atoms with van der Waals surface area (Å²) >= 11 is 8.15. The molecule has 106 valence electrons. The highest BCUT2D eigenvalue weighted by molar-refractivity contribution is 7.19. The minimum atomic E-state index is -0.699. The zero-order valence-electron chi connectivity index (χ0n) is 11.2. The molecule has 1 aliphatic heterocycles. The maximum absolute atomic E-state index is 10.9. The van der Waals surface area contributed by atoms with Crippen LogP contribution in [0.1, 0.15) is 11.8 Å². The van der Waals surface area contributed by atoms with Crippen LogP contribution < -0.4 is 0 Å². The van der Waals surface area contributed by atoms with E-state index in [0.717, 1.165) is 30.0 Å². The molecule has 1 aromatic heterocycles. The number of rotatable bonds is 4. The molecule has 0 spiro atoms. The smallest absolute Gasteiger partial charge is 0.306 e. The number of aliphatic carboxylic acids is 1. The number of hydrogen-bond acceptors (Lipinski definition) is 3. The Kier molecular flexibility index (Phi) is 3.71. The van der Waals surface area contributed by atoms with Gasteiger partial charge < -0.3 is 5.11 Å². The van der Waals surface area contributed by atoms with E-state index in [1.165, 1.54) is 9.58 Å². The highest BCUT2D eigenvalue weighted by Crippen LogP contribution is 2.37. The van der Waals surface area contributed by atoms with E-state index in [1.54, 1.807) is 18.3 Å². The first-order valence-corrected chi connectivity index (χ1v) is 7.86. The molecule has 1 unspecified atom stereocenters. The highest BCUT2D eigenvalue weighted by atomic mass is 35.5. The Hall–Kier alpha value is -1.10. The van der Waals surface area contributed by atoms with Crippen LogP contribution in [0.5, 0.6) is 0 Å². The van der Waals surface area contributed by atoms with Crippen LogP contribution in [-0.4, -0.2) is 29.1 Å². The van der Waals surface area contributed by atoms with E-state index in [-0.39, 0.29) is 11.8 Å². The molecule has 1 fully saturated rings. The van der Waals surface area contributed by atoms with Gasteiger partial charge in [-0.05, 0) is 12.0 Å². The van der Waals surface area contributed by atoms with E-state index in [9.17, 15) is 4.79 Å². The van der Waals surface area contributed by atoms with Gasteiger partial charge in [0.05, 0.1) is 10.9 Å². The summed E-state index contributed by atoms with van der Waals surface area (Å²) in [4.78, 5) is 14.4. The quantitative estimate of drug-likeness (QED) is 0.936. The highest BCUT2D eigenvalue weighted by Gasteiger charge is 2.34. The summed E-state index contributed by atoms with van der Waals surface area (Å²) in [6.07, 6.45) is 0. The predicted molar refractivity (Wildman–Crippen MR) is 82.4 cm³/mol. The fourth-order valence-corrected chi connectivity index (χ4v) is 4.16. The van der Waals surface area contributed by atoms with Crippen LogP contribution in [0.2, 0.25) is 5.02 Å². The first-order chi connectivity index (χ1) is 9.56. The zero-order valence-corrected chi connectivity index (χ0v) is 12.7. The molecular formula is C15H16ClNO2S. The minimum Gasteiger partial charge on any atom is -0.481 e. The monoisotopic (exact) mass is 309 g/mol. The van der Waals surface area contributed by atoms with Crippen molar-refractivity contribution in [3.05, 3.63) is 34.2 Å². The minimum absolute atomic E-state index is 0.260. The van der Waals surface area contributed by atoms with Gasteiger partial charge in [0.15, 0.2) is 0 Å². The fourth-order valence-electron chi connectivity index (χ4n) is 2.63. The van der Waals surface area contributed by atoms with E-state index >= 15 is 0 Å². The summed E-state index contributed by atoms with van der Waals surface area (Å²) in [7, 11) is 0. The maximum Gasteiger partial charge on any atom is 0.306 e. The summed E-state index contributed by atoms with van der Waals surface area (Å²) in [5, 5.41) is 11.0. The van der Waals surface area contributed by atoms with Gasteiger partial charge in [-0.15, -0.1) is 11.3 Å². The number of carboxylic acid groups (broad SMARTS) is 1. The Labute approximate surface area is 126 Å². The molecule has 1 saturated heterocycles. The van der Waals surface area contributed by atoms with Crippen LogP contribution in [-0.2, 0) is 11.3 Å². The topological polar surface area (TPSA) is 40.5 Å². The summed E-state index contributed by atoms with van der Waals surface area (Å²) < 4.78 is 1.21. The lowest BCUT2D eigenvalue weighted by Crippen LogP contribution is -2.50. The number of likely N-dealkylation sites (tertiary alicyclic amines) is 1. The molecule has 3 rings (SSSR count). The number of fused-ring (bicyclic) bond motifs is 1. The van der Waals surface area contributed by atoms with Crippen LogP contribution in [0.25, 0.3) is 10.1 Å². The fraction of sp³-hybridized carbons (Fsp3) is 0.400. The molecule has 1 aromatic carbocycles. The van der Waals surface area contributed by atoms with Crippen molar-refractivity contribution in [1.82, 2.24) is 4.90 Å². The van der Waals surface area contributed by atoms with E-state index in [1.807, 2.05) is 18.2 Å². The number of halogens is 1. The van der Waals surface area contributed by atoms with Gasteiger partial charge in [0.25, 0.3) is 0 Å². The number of carboxylic acids is 1. The first-order valence-electron chi connectivity index (χ1n) is 6.67.